The zero-order valence-corrected chi connectivity index (χ0v) is 12.6. The van der Waals surface area contributed by atoms with Crippen molar-refractivity contribution in [3.8, 4) is 0 Å². The predicted octanol–water partition coefficient (Wildman–Crippen LogP) is 3.92. The number of nitrogen functional groups attached to an aromatic ring is 1. The van der Waals surface area contributed by atoms with E-state index in [0.29, 0.717) is 12.1 Å². The Labute approximate surface area is 122 Å². The molecule has 3 nitrogen and oxygen atoms in total. The fourth-order valence-electron chi connectivity index (χ4n) is 2.01. The van der Waals surface area contributed by atoms with Crippen molar-refractivity contribution >= 4 is 38.9 Å². The van der Waals surface area contributed by atoms with E-state index in [1.165, 1.54) is 18.6 Å². The molecule has 19 heavy (non-hydrogen) atoms. The van der Waals surface area contributed by atoms with E-state index in [-0.39, 0.29) is 5.91 Å². The fraction of sp³-hybridized carbons (Fsp3) is 0.500. The summed E-state index contributed by atoms with van der Waals surface area (Å²) < 4.78 is 0. The monoisotopic (exact) mass is 296 g/mol. The molecule has 0 spiro atoms. The lowest BCUT2D eigenvalue weighted by atomic mass is 10.1. The number of rotatable bonds is 6. The van der Waals surface area contributed by atoms with Crippen LogP contribution in [-0.2, 0) is 4.79 Å². The molecule has 1 aromatic carbocycles. The Balaban J connectivity index is 1.60. The molecule has 1 aliphatic rings. The first-order valence-corrected chi connectivity index (χ1v) is 9.06. The van der Waals surface area contributed by atoms with Crippen LogP contribution >= 0.6 is 21.6 Å². The Morgan fingerprint density at radius 1 is 1.32 bits per heavy atom. The van der Waals surface area contributed by atoms with Gasteiger partial charge >= 0.3 is 0 Å². The van der Waals surface area contributed by atoms with Crippen LogP contribution in [0.2, 0.25) is 0 Å². The average Bonchev–Trinajstić information content (AvgIpc) is 2.91. The van der Waals surface area contributed by atoms with Gasteiger partial charge in [0.05, 0.1) is 0 Å². The lowest BCUT2D eigenvalue weighted by Crippen LogP contribution is -2.11. The van der Waals surface area contributed by atoms with Gasteiger partial charge in [-0.3, -0.25) is 4.79 Å². The molecule has 1 aromatic rings. The van der Waals surface area contributed by atoms with E-state index in [9.17, 15) is 4.79 Å². The van der Waals surface area contributed by atoms with Gasteiger partial charge in [0.15, 0.2) is 0 Å². The Morgan fingerprint density at radius 3 is 2.79 bits per heavy atom. The lowest BCUT2D eigenvalue weighted by molar-refractivity contribution is -0.116. The first kappa shape index (κ1) is 14.6. The zero-order chi connectivity index (χ0) is 13.5. The highest BCUT2D eigenvalue weighted by Gasteiger charge is 2.15. The van der Waals surface area contributed by atoms with Crippen LogP contribution < -0.4 is 11.1 Å². The highest BCUT2D eigenvalue weighted by atomic mass is 33.1. The van der Waals surface area contributed by atoms with Gasteiger partial charge in [0.2, 0.25) is 5.91 Å². The summed E-state index contributed by atoms with van der Waals surface area (Å²) in [4.78, 5) is 11.7. The van der Waals surface area contributed by atoms with E-state index in [4.69, 9.17) is 5.73 Å². The van der Waals surface area contributed by atoms with Gasteiger partial charge < -0.3 is 11.1 Å². The summed E-state index contributed by atoms with van der Waals surface area (Å²) in [5, 5.41) is 3.70. The van der Waals surface area contributed by atoms with Crippen molar-refractivity contribution in [3.05, 3.63) is 24.3 Å². The summed E-state index contributed by atoms with van der Waals surface area (Å²) in [6.45, 7) is 0. The number of carbonyl (C=O) groups excluding carboxylic acids is 1. The number of carbonyl (C=O) groups is 1. The molecule has 1 amide bonds. The van der Waals surface area contributed by atoms with E-state index in [1.54, 1.807) is 12.1 Å². The molecular formula is C14H20N2OS2. The highest BCUT2D eigenvalue weighted by molar-refractivity contribution is 8.77. The van der Waals surface area contributed by atoms with Crippen LogP contribution in [0, 0.1) is 0 Å². The molecule has 3 N–H and O–H groups in total. The molecule has 0 bridgehead atoms. The van der Waals surface area contributed by atoms with Gasteiger partial charge in [-0.2, -0.15) is 0 Å². The number of hydrogen-bond acceptors (Lipinski definition) is 4. The van der Waals surface area contributed by atoms with Crippen LogP contribution in [0.15, 0.2) is 24.3 Å². The molecule has 0 unspecified atom stereocenters. The maximum atomic E-state index is 11.7. The highest BCUT2D eigenvalue weighted by Crippen LogP contribution is 2.39. The predicted molar refractivity (Wildman–Crippen MR) is 86.4 cm³/mol. The van der Waals surface area contributed by atoms with E-state index in [0.717, 1.165) is 23.8 Å². The third-order valence-corrected chi connectivity index (χ3v) is 6.11. The molecule has 1 atom stereocenters. The van der Waals surface area contributed by atoms with Crippen molar-refractivity contribution in [1.82, 2.24) is 0 Å². The lowest BCUT2D eigenvalue weighted by Gasteiger charge is -2.07. The second-order valence-corrected chi connectivity index (χ2v) is 7.53. The summed E-state index contributed by atoms with van der Waals surface area (Å²) in [6, 6.07) is 7.26. The molecule has 104 valence electrons. The van der Waals surface area contributed by atoms with Crippen molar-refractivity contribution in [2.24, 2.45) is 0 Å². The fourth-order valence-corrected chi connectivity index (χ4v) is 5.04. The van der Waals surface area contributed by atoms with Gasteiger partial charge in [-0.05, 0) is 43.5 Å². The van der Waals surface area contributed by atoms with Gasteiger partial charge in [-0.25, -0.2) is 0 Å². The smallest absolute Gasteiger partial charge is 0.224 e. The van der Waals surface area contributed by atoms with Crippen molar-refractivity contribution in [2.75, 3.05) is 16.8 Å². The normalized spacial score (nSPS) is 18.4. The average molecular weight is 296 g/mol. The van der Waals surface area contributed by atoms with Crippen LogP contribution in [0.1, 0.15) is 32.1 Å². The molecule has 0 radical (unpaired) electrons. The van der Waals surface area contributed by atoms with Crippen molar-refractivity contribution < 1.29 is 4.79 Å². The molecular weight excluding hydrogens is 276 g/mol. The van der Waals surface area contributed by atoms with Crippen molar-refractivity contribution in [2.45, 2.75) is 37.4 Å². The molecule has 1 aliphatic heterocycles. The summed E-state index contributed by atoms with van der Waals surface area (Å²) in [5.41, 5.74) is 7.13. The van der Waals surface area contributed by atoms with Crippen LogP contribution in [0.3, 0.4) is 0 Å². The molecule has 0 aromatic heterocycles. The third-order valence-electron chi connectivity index (χ3n) is 3.10. The van der Waals surface area contributed by atoms with Gasteiger partial charge in [0.25, 0.3) is 0 Å². The second-order valence-electron chi connectivity index (χ2n) is 4.74. The zero-order valence-electron chi connectivity index (χ0n) is 10.9. The summed E-state index contributed by atoms with van der Waals surface area (Å²) in [7, 11) is 3.99. The SMILES string of the molecule is Nc1ccc(NC(=O)CCCC[C@@H]2CCSS2)cc1. The number of hydrogen-bond donors (Lipinski definition) is 2. The first-order chi connectivity index (χ1) is 9.24. The van der Waals surface area contributed by atoms with Gasteiger partial charge in [-0.1, -0.05) is 28.0 Å². The maximum absolute atomic E-state index is 11.7. The van der Waals surface area contributed by atoms with Crippen LogP contribution in [-0.4, -0.2) is 16.9 Å². The molecule has 1 heterocycles. The Bertz CT molecular complexity index is 402. The molecule has 0 aliphatic carbocycles. The van der Waals surface area contributed by atoms with Gasteiger partial charge in [0, 0.05) is 28.8 Å². The third kappa shape index (κ3) is 5.37. The molecule has 1 saturated heterocycles. The number of unbranched alkanes of at least 4 members (excludes halogenated alkanes) is 1. The van der Waals surface area contributed by atoms with Crippen LogP contribution in [0.4, 0.5) is 11.4 Å². The Kier molecular flexibility index (Phi) is 5.92. The number of benzene rings is 1. The van der Waals surface area contributed by atoms with E-state index in [2.05, 4.69) is 5.32 Å². The van der Waals surface area contributed by atoms with E-state index < -0.39 is 0 Å². The van der Waals surface area contributed by atoms with Crippen LogP contribution in [0.5, 0.6) is 0 Å². The van der Waals surface area contributed by atoms with E-state index >= 15 is 0 Å². The van der Waals surface area contributed by atoms with Gasteiger partial charge in [0.1, 0.15) is 0 Å². The largest absolute Gasteiger partial charge is 0.399 e. The molecule has 0 saturated carbocycles. The number of anilines is 2. The molecule has 1 fully saturated rings. The quantitative estimate of drug-likeness (QED) is 0.474. The van der Waals surface area contributed by atoms with Gasteiger partial charge in [-0.15, -0.1) is 0 Å². The van der Waals surface area contributed by atoms with Crippen molar-refractivity contribution in [3.63, 3.8) is 0 Å². The Morgan fingerprint density at radius 2 is 2.11 bits per heavy atom. The molecule has 2 rings (SSSR count). The Hall–Kier alpha value is -0.810. The molecule has 5 heteroatoms. The first-order valence-electron chi connectivity index (χ1n) is 6.68. The second kappa shape index (κ2) is 7.70. The summed E-state index contributed by atoms with van der Waals surface area (Å²) in [5.74, 6) is 1.38. The minimum Gasteiger partial charge on any atom is -0.399 e. The number of amides is 1. The minimum atomic E-state index is 0.0956. The standard InChI is InChI=1S/C14H20N2OS2/c15-11-5-7-12(8-6-11)16-14(17)4-2-1-3-13-9-10-18-19-13/h5-8,13H,1-4,9-10,15H2,(H,16,17)/t13-/m1/s1. The van der Waals surface area contributed by atoms with Crippen molar-refractivity contribution in [1.29, 1.82) is 0 Å². The summed E-state index contributed by atoms with van der Waals surface area (Å²) in [6.07, 6.45) is 5.30. The number of nitrogens with two attached hydrogens (primary N) is 1. The topological polar surface area (TPSA) is 55.1 Å². The van der Waals surface area contributed by atoms with E-state index in [1.807, 2.05) is 33.7 Å². The maximum Gasteiger partial charge on any atom is 0.224 e. The number of nitrogens with one attached hydrogen (secondary N) is 1. The van der Waals surface area contributed by atoms with Crippen LogP contribution in [0.25, 0.3) is 0 Å². The summed E-state index contributed by atoms with van der Waals surface area (Å²) >= 11 is 0. The minimum absolute atomic E-state index is 0.0956.